The van der Waals surface area contributed by atoms with E-state index in [1.54, 1.807) is 13.6 Å². The summed E-state index contributed by atoms with van der Waals surface area (Å²) in [4.78, 5) is 0. The van der Waals surface area contributed by atoms with Crippen LogP contribution in [0.15, 0.2) is 0 Å². The van der Waals surface area contributed by atoms with Gasteiger partial charge >= 0.3 is 44.7 Å². The molecule has 1 aliphatic heterocycles. The maximum Gasteiger partial charge on any atom is 0.489 e. The second-order valence-corrected chi connectivity index (χ2v) is 9.06. The van der Waals surface area contributed by atoms with Crippen LogP contribution in [0, 0.1) is 0 Å². The molecule has 0 spiro atoms. The van der Waals surface area contributed by atoms with E-state index in [1.807, 2.05) is 0 Å². The number of halogens is 15. The van der Waals surface area contributed by atoms with Gasteiger partial charge in [0.25, 0.3) is 0 Å². The van der Waals surface area contributed by atoms with E-state index in [2.05, 4.69) is 14.0 Å². The molecule has 1 heterocycles. The molecule has 0 atom stereocenters. The van der Waals surface area contributed by atoms with Gasteiger partial charge in [0.1, 0.15) is 0 Å². The smallest absolute Gasteiger partial charge is 0.326 e. The van der Waals surface area contributed by atoms with E-state index >= 15 is 0 Å². The van der Waals surface area contributed by atoms with Crippen LogP contribution in [0.25, 0.3) is 0 Å². The number of quaternary nitrogens is 1. The lowest BCUT2D eigenvalue weighted by Crippen LogP contribution is -2.45. The number of alkyl halides is 15. The van der Waals surface area contributed by atoms with Crippen LogP contribution in [0.3, 0.4) is 0 Å². The Morgan fingerprint density at radius 3 is 1.14 bits per heavy atom. The molecule has 0 amide bonds. The second kappa shape index (κ2) is 11.4. The molecular formula is C15H20F15NO4P+. The summed E-state index contributed by atoms with van der Waals surface area (Å²) in [7, 11) is -5.88. The number of hydrogen-bond acceptors (Lipinski definition) is 4. The van der Waals surface area contributed by atoms with Gasteiger partial charge in [-0.1, -0.05) is 13.3 Å². The van der Waals surface area contributed by atoms with Crippen molar-refractivity contribution in [3.63, 3.8) is 0 Å². The number of phosphoric acid groups is 1. The highest BCUT2D eigenvalue weighted by atomic mass is 31.2. The zero-order valence-electron chi connectivity index (χ0n) is 18.1. The van der Waals surface area contributed by atoms with Crippen molar-refractivity contribution in [3.8, 4) is 0 Å². The molecule has 5 nitrogen and oxygen atoms in total. The summed E-state index contributed by atoms with van der Waals surface area (Å²) < 4.78 is 198. The van der Waals surface area contributed by atoms with Crippen LogP contribution in [0.2, 0.25) is 0 Å². The molecule has 1 saturated heterocycles. The van der Waals surface area contributed by atoms with Gasteiger partial charge in [-0.15, -0.1) is 0 Å². The molecule has 0 aromatic heterocycles. The van der Waals surface area contributed by atoms with Crippen molar-refractivity contribution in [1.29, 1.82) is 0 Å². The summed E-state index contributed by atoms with van der Waals surface area (Å²) in [6.45, 7) is 6.55. The van der Waals surface area contributed by atoms with Crippen LogP contribution in [0.1, 0.15) is 32.6 Å². The van der Waals surface area contributed by atoms with Gasteiger partial charge in [0, 0.05) is 12.8 Å². The summed E-state index contributed by atoms with van der Waals surface area (Å²) in [6, 6.07) is 0. The van der Waals surface area contributed by atoms with Crippen molar-refractivity contribution < 1.29 is 88.5 Å². The third kappa shape index (κ3) is 10.1. The van der Waals surface area contributed by atoms with E-state index < -0.39 is 44.7 Å². The zero-order valence-corrected chi connectivity index (χ0v) is 19.0. The highest BCUT2D eigenvalue weighted by Crippen LogP contribution is 2.64. The molecule has 1 fully saturated rings. The van der Waals surface area contributed by atoms with Crippen molar-refractivity contribution in [2.75, 3.05) is 26.7 Å². The molecule has 218 valence electrons. The number of rotatable bonds is 9. The number of unbranched alkanes of at least 4 members (excludes halogenated alkanes) is 1. The lowest BCUT2D eigenvalue weighted by Gasteiger charge is -2.30. The Morgan fingerprint density at radius 2 is 0.917 bits per heavy atom. The summed E-state index contributed by atoms with van der Waals surface area (Å²) in [5, 5.41) is 0. The highest BCUT2D eigenvalue weighted by Gasteiger charge is 2.72. The molecule has 0 aliphatic carbocycles. The monoisotopic (exact) mass is 594 g/mol. The molecule has 0 saturated carbocycles. The number of phosphoric ester groups is 1. The molecule has 0 N–H and O–H groups in total. The minimum atomic E-state index is -8.28. The normalized spacial score (nSPS) is 18.1. The Kier molecular flexibility index (Phi) is 11.1. The number of nitrogens with zero attached hydrogens (tertiary/aromatic N) is 1. The molecule has 0 aromatic rings. The lowest BCUT2D eigenvalue weighted by molar-refractivity contribution is -0.897. The fraction of sp³-hybridized carbons (Fsp3) is 1.00. The average Bonchev–Trinajstić information content (AvgIpc) is 3.02. The first-order chi connectivity index (χ1) is 15.6. The van der Waals surface area contributed by atoms with Gasteiger partial charge in [-0.2, -0.15) is 65.9 Å². The molecule has 1 rings (SSSR count). The van der Waals surface area contributed by atoms with Crippen LogP contribution in [0.5, 0.6) is 0 Å². The number of hydrogen-bond donors (Lipinski definition) is 0. The van der Waals surface area contributed by atoms with E-state index in [0.717, 1.165) is 0 Å². The van der Waals surface area contributed by atoms with Gasteiger partial charge in [0.2, 0.25) is 0 Å². The van der Waals surface area contributed by atoms with Crippen molar-refractivity contribution in [2.24, 2.45) is 0 Å². The van der Waals surface area contributed by atoms with Crippen LogP contribution >= 0.6 is 7.82 Å². The summed E-state index contributed by atoms with van der Waals surface area (Å²) in [5.74, 6) is 0. The third-order valence-electron chi connectivity index (χ3n) is 4.37. The van der Waals surface area contributed by atoms with E-state index in [0.29, 0.717) is 0 Å². The van der Waals surface area contributed by atoms with Gasteiger partial charge in [0.15, 0.2) is 0 Å². The molecule has 36 heavy (non-hydrogen) atoms. The topological polar surface area (TPSA) is 44.8 Å². The van der Waals surface area contributed by atoms with E-state index in [1.165, 1.54) is 49.8 Å². The van der Waals surface area contributed by atoms with Crippen LogP contribution < -0.4 is 0 Å². The maximum absolute atomic E-state index is 12.4. The fourth-order valence-electron chi connectivity index (χ4n) is 2.49. The van der Waals surface area contributed by atoms with Gasteiger partial charge in [-0.25, -0.2) is 18.1 Å². The first-order valence-electron chi connectivity index (χ1n) is 9.53. The second-order valence-electron chi connectivity index (χ2n) is 7.62. The minimum Gasteiger partial charge on any atom is -0.326 e. The standard InChI is InChI=1S/C9H20N.C6F15O4P/c1-3-4-7-10(2)8-5-6-9-10;7-1(8,9)4(16,17)23-26(22,24-5(18,19)2(10,11)12)25-6(20,21)3(13,14)15/h3-9H2,1-2H3;/q+1;. The average molecular weight is 594 g/mol. The highest BCUT2D eigenvalue weighted by molar-refractivity contribution is 7.48. The minimum absolute atomic E-state index is 1.36. The molecule has 0 aromatic carbocycles. The Labute approximate surface area is 193 Å². The van der Waals surface area contributed by atoms with Crippen molar-refractivity contribution in [2.45, 2.75) is 69.5 Å². The summed E-state index contributed by atoms with van der Waals surface area (Å²) >= 11 is 0. The van der Waals surface area contributed by atoms with Crippen molar-refractivity contribution >= 4 is 7.82 Å². The summed E-state index contributed by atoms with van der Waals surface area (Å²) in [6.07, 6.45) is -37.0. The van der Waals surface area contributed by atoms with Gasteiger partial charge < -0.3 is 4.48 Å². The fourth-order valence-corrected chi connectivity index (χ4v) is 3.76. The van der Waals surface area contributed by atoms with Crippen molar-refractivity contribution in [1.82, 2.24) is 0 Å². The molecular weight excluding hydrogens is 574 g/mol. The van der Waals surface area contributed by atoms with E-state index in [4.69, 9.17) is 0 Å². The largest absolute Gasteiger partial charge is 0.489 e. The Morgan fingerprint density at radius 1 is 0.639 bits per heavy atom. The first-order valence-corrected chi connectivity index (χ1v) is 11.0. The third-order valence-corrected chi connectivity index (χ3v) is 5.73. The molecule has 1 aliphatic rings. The first kappa shape index (κ1) is 35.0. The summed E-state index contributed by atoms with van der Waals surface area (Å²) in [5.41, 5.74) is 0. The Hall–Kier alpha value is -0.980. The zero-order chi connectivity index (χ0) is 29.1. The maximum atomic E-state index is 12.4. The molecule has 0 radical (unpaired) electrons. The van der Waals surface area contributed by atoms with Gasteiger partial charge in [-0.05, 0) is 6.42 Å². The van der Waals surface area contributed by atoms with Crippen molar-refractivity contribution in [3.05, 3.63) is 0 Å². The van der Waals surface area contributed by atoms with E-state index in [9.17, 15) is 70.4 Å². The van der Waals surface area contributed by atoms with Gasteiger partial charge in [-0.3, -0.25) is 0 Å². The van der Waals surface area contributed by atoms with Crippen LogP contribution in [-0.2, 0) is 18.1 Å². The van der Waals surface area contributed by atoms with Gasteiger partial charge in [0.05, 0.1) is 26.7 Å². The predicted molar refractivity (Wildman–Crippen MR) is 88.8 cm³/mol. The molecule has 0 unspecified atom stereocenters. The van der Waals surface area contributed by atoms with Crippen LogP contribution in [-0.4, -0.2) is 68.0 Å². The lowest BCUT2D eigenvalue weighted by atomic mass is 10.3. The predicted octanol–water partition coefficient (Wildman–Crippen LogP) is 7.64. The Bertz CT molecular complexity index is 669. The van der Waals surface area contributed by atoms with E-state index in [-0.39, 0.29) is 0 Å². The SMILES string of the molecule is CCCC[N+]1(C)CCCC1.O=P(OC(F)(F)C(F)(F)F)(OC(F)(F)C(F)(F)F)OC(F)(F)C(F)(F)F. The van der Waals surface area contributed by atoms with Crippen LogP contribution in [0.4, 0.5) is 65.9 Å². The quantitative estimate of drug-likeness (QED) is 0.157. The molecule has 21 heteroatoms. The molecule has 0 bridgehead atoms. The number of likely N-dealkylation sites (tertiary alicyclic amines) is 1. The Balaban J connectivity index is 0.00000101.